The Morgan fingerprint density at radius 2 is 1.88 bits per heavy atom. The van der Waals surface area contributed by atoms with Crippen LogP contribution in [0.15, 0.2) is 42.5 Å². The lowest BCUT2D eigenvalue weighted by atomic mass is 10.0. The molecule has 1 amide bonds. The molecular weight excluding hydrogens is 321 g/mol. The third-order valence-electron chi connectivity index (χ3n) is 4.56. The van der Waals surface area contributed by atoms with Crippen molar-refractivity contribution in [2.24, 2.45) is 11.7 Å². The molecule has 2 N–H and O–H groups in total. The van der Waals surface area contributed by atoms with E-state index < -0.39 is 11.7 Å². The highest BCUT2D eigenvalue weighted by Crippen LogP contribution is 2.30. The van der Waals surface area contributed by atoms with Crippen molar-refractivity contribution in [1.82, 2.24) is 0 Å². The topological polar surface area (TPSA) is 69.4 Å². The van der Waals surface area contributed by atoms with E-state index in [1.54, 1.807) is 18.2 Å². The van der Waals surface area contributed by atoms with Gasteiger partial charge in [0.1, 0.15) is 11.6 Å². The fraction of sp³-hybridized carbons (Fsp3) is 0.300. The van der Waals surface area contributed by atoms with Crippen LogP contribution in [0, 0.1) is 11.7 Å². The first-order valence-corrected chi connectivity index (χ1v) is 8.43. The average molecular weight is 341 g/mol. The summed E-state index contributed by atoms with van der Waals surface area (Å²) in [4.78, 5) is 23.4. The summed E-state index contributed by atoms with van der Waals surface area (Å²) in [6.45, 7) is 0. The number of nitrogens with two attached hydrogens (primary N) is 1. The van der Waals surface area contributed by atoms with Crippen LogP contribution in [0.4, 0.5) is 4.39 Å². The van der Waals surface area contributed by atoms with Gasteiger partial charge in [-0.05, 0) is 54.7 Å². The van der Waals surface area contributed by atoms with E-state index in [2.05, 4.69) is 0 Å². The second-order valence-electron chi connectivity index (χ2n) is 6.42. The van der Waals surface area contributed by atoms with Crippen LogP contribution in [-0.4, -0.2) is 11.9 Å². The van der Waals surface area contributed by atoms with E-state index in [0.717, 1.165) is 25.7 Å². The van der Waals surface area contributed by atoms with E-state index in [1.807, 2.05) is 0 Å². The van der Waals surface area contributed by atoms with Crippen LogP contribution in [0.25, 0.3) is 11.1 Å². The lowest BCUT2D eigenvalue weighted by Gasteiger charge is -2.11. The number of rotatable bonds is 5. The van der Waals surface area contributed by atoms with E-state index >= 15 is 0 Å². The van der Waals surface area contributed by atoms with Crippen molar-refractivity contribution in [1.29, 1.82) is 0 Å². The fourth-order valence-corrected chi connectivity index (χ4v) is 3.25. The smallest absolute Gasteiger partial charge is 0.311 e. The van der Waals surface area contributed by atoms with Gasteiger partial charge in [-0.15, -0.1) is 0 Å². The van der Waals surface area contributed by atoms with Crippen molar-refractivity contribution in [3.63, 3.8) is 0 Å². The SMILES string of the molecule is NC(=O)c1cccc(-c2cc(OC(=O)CC3CCCC3)ccc2F)c1. The van der Waals surface area contributed by atoms with Crippen molar-refractivity contribution < 1.29 is 18.7 Å². The molecule has 5 heteroatoms. The Morgan fingerprint density at radius 3 is 2.60 bits per heavy atom. The minimum atomic E-state index is -0.582. The summed E-state index contributed by atoms with van der Waals surface area (Å²) < 4.78 is 19.6. The molecule has 0 bridgehead atoms. The molecule has 1 saturated carbocycles. The van der Waals surface area contributed by atoms with E-state index in [0.29, 0.717) is 29.2 Å². The predicted octanol–water partition coefficient (Wildman–Crippen LogP) is 4.08. The first kappa shape index (κ1) is 17.1. The highest BCUT2D eigenvalue weighted by molar-refractivity contribution is 5.94. The van der Waals surface area contributed by atoms with Crippen molar-refractivity contribution in [3.8, 4) is 16.9 Å². The summed E-state index contributed by atoms with van der Waals surface area (Å²) in [6, 6.07) is 10.6. The van der Waals surface area contributed by atoms with Crippen LogP contribution in [0.1, 0.15) is 42.5 Å². The number of esters is 1. The first-order chi connectivity index (χ1) is 12.0. The summed E-state index contributed by atoms with van der Waals surface area (Å²) in [5, 5.41) is 0. The third-order valence-corrected chi connectivity index (χ3v) is 4.56. The zero-order valence-electron chi connectivity index (χ0n) is 13.8. The molecule has 130 valence electrons. The van der Waals surface area contributed by atoms with E-state index in [-0.39, 0.29) is 11.5 Å². The van der Waals surface area contributed by atoms with Gasteiger partial charge in [0.15, 0.2) is 0 Å². The maximum Gasteiger partial charge on any atom is 0.311 e. The van der Waals surface area contributed by atoms with Gasteiger partial charge in [-0.3, -0.25) is 9.59 Å². The van der Waals surface area contributed by atoms with Crippen LogP contribution >= 0.6 is 0 Å². The standard InChI is InChI=1S/C20H20FNO3/c21-18-9-8-16(25-19(23)10-13-4-1-2-5-13)12-17(18)14-6-3-7-15(11-14)20(22)24/h3,6-9,11-13H,1-2,4-5,10H2,(H2,22,24). The number of amides is 1. The van der Waals surface area contributed by atoms with Gasteiger partial charge in [0.05, 0.1) is 0 Å². The Hall–Kier alpha value is -2.69. The summed E-state index contributed by atoms with van der Waals surface area (Å²) >= 11 is 0. The average Bonchev–Trinajstić information content (AvgIpc) is 3.09. The first-order valence-electron chi connectivity index (χ1n) is 8.43. The molecule has 4 nitrogen and oxygen atoms in total. The van der Waals surface area contributed by atoms with Gasteiger partial charge < -0.3 is 10.5 Å². The molecule has 25 heavy (non-hydrogen) atoms. The van der Waals surface area contributed by atoms with Crippen molar-refractivity contribution >= 4 is 11.9 Å². The molecule has 0 spiro atoms. The Bertz CT molecular complexity index is 797. The number of ether oxygens (including phenoxy) is 1. The molecule has 0 atom stereocenters. The van der Waals surface area contributed by atoms with Gasteiger partial charge in [0.25, 0.3) is 0 Å². The van der Waals surface area contributed by atoms with Crippen LogP contribution in [0.2, 0.25) is 0 Å². The molecule has 0 radical (unpaired) electrons. The molecule has 0 aliphatic heterocycles. The number of hydrogen-bond acceptors (Lipinski definition) is 3. The van der Waals surface area contributed by atoms with Gasteiger partial charge in [0, 0.05) is 17.5 Å². The zero-order valence-corrected chi connectivity index (χ0v) is 13.8. The Labute approximate surface area is 145 Å². The van der Waals surface area contributed by atoms with Crippen LogP contribution < -0.4 is 10.5 Å². The molecule has 0 saturated heterocycles. The molecule has 0 unspecified atom stereocenters. The Kier molecular flexibility index (Phi) is 5.12. The van der Waals surface area contributed by atoms with Crippen LogP contribution in [0.5, 0.6) is 5.75 Å². The monoisotopic (exact) mass is 341 g/mol. The minimum Gasteiger partial charge on any atom is -0.426 e. The Balaban J connectivity index is 1.79. The summed E-state index contributed by atoms with van der Waals surface area (Å²) in [7, 11) is 0. The van der Waals surface area contributed by atoms with E-state index in [9.17, 15) is 14.0 Å². The largest absolute Gasteiger partial charge is 0.426 e. The molecule has 1 fully saturated rings. The van der Waals surface area contributed by atoms with Gasteiger partial charge in [0.2, 0.25) is 5.91 Å². The molecule has 0 aromatic heterocycles. The third kappa shape index (κ3) is 4.24. The van der Waals surface area contributed by atoms with Gasteiger partial charge in [-0.25, -0.2) is 4.39 Å². The summed E-state index contributed by atoms with van der Waals surface area (Å²) in [5.41, 5.74) is 6.32. The minimum absolute atomic E-state index is 0.259. The van der Waals surface area contributed by atoms with Crippen molar-refractivity contribution in [3.05, 3.63) is 53.8 Å². The number of hydrogen-bond donors (Lipinski definition) is 1. The number of primary amides is 1. The van der Waals surface area contributed by atoms with Gasteiger partial charge >= 0.3 is 5.97 Å². The highest BCUT2D eigenvalue weighted by atomic mass is 19.1. The fourth-order valence-electron chi connectivity index (χ4n) is 3.25. The predicted molar refractivity (Wildman–Crippen MR) is 92.6 cm³/mol. The van der Waals surface area contributed by atoms with Crippen molar-refractivity contribution in [2.45, 2.75) is 32.1 Å². The zero-order chi connectivity index (χ0) is 17.8. The number of benzene rings is 2. The number of carbonyl (C=O) groups excluding carboxylic acids is 2. The normalized spacial score (nSPS) is 14.4. The van der Waals surface area contributed by atoms with Crippen LogP contribution in [0.3, 0.4) is 0 Å². The molecule has 3 rings (SSSR count). The number of halogens is 1. The van der Waals surface area contributed by atoms with E-state index in [1.165, 1.54) is 24.3 Å². The highest BCUT2D eigenvalue weighted by Gasteiger charge is 2.20. The van der Waals surface area contributed by atoms with Gasteiger partial charge in [-0.1, -0.05) is 25.0 Å². The summed E-state index contributed by atoms with van der Waals surface area (Å²) in [6.07, 6.45) is 4.83. The second-order valence-corrected chi connectivity index (χ2v) is 6.42. The van der Waals surface area contributed by atoms with Crippen LogP contribution in [-0.2, 0) is 4.79 Å². The molecule has 1 aliphatic carbocycles. The quantitative estimate of drug-likeness (QED) is 0.658. The van der Waals surface area contributed by atoms with E-state index in [4.69, 9.17) is 10.5 Å². The second kappa shape index (κ2) is 7.47. The lowest BCUT2D eigenvalue weighted by molar-refractivity contribution is -0.135. The van der Waals surface area contributed by atoms with Crippen molar-refractivity contribution in [2.75, 3.05) is 0 Å². The number of carbonyl (C=O) groups is 2. The maximum absolute atomic E-state index is 14.2. The van der Waals surface area contributed by atoms with Gasteiger partial charge in [-0.2, -0.15) is 0 Å². The molecule has 2 aromatic carbocycles. The summed E-state index contributed by atoms with van der Waals surface area (Å²) in [5.74, 6) is -0.655. The maximum atomic E-state index is 14.2. The molecule has 0 heterocycles. The lowest BCUT2D eigenvalue weighted by Crippen LogP contribution is -2.12. The Morgan fingerprint density at radius 1 is 1.12 bits per heavy atom. The molecule has 2 aromatic rings. The molecular formula is C20H20FNO3. The molecule has 1 aliphatic rings.